The monoisotopic (exact) mass is 469 g/mol. The van der Waals surface area contributed by atoms with Crippen LogP contribution in [0.2, 0.25) is 0 Å². The molecule has 1 aromatic heterocycles. The molecule has 0 spiro atoms. The molecular weight excluding hydrogens is 445 g/mol. The van der Waals surface area contributed by atoms with Crippen LogP contribution in [0.15, 0.2) is 83.9 Å². The summed E-state index contributed by atoms with van der Waals surface area (Å²) in [6, 6.07) is 18.6. The molecule has 0 bridgehead atoms. The Balaban J connectivity index is 1.69. The van der Waals surface area contributed by atoms with Crippen molar-refractivity contribution >= 4 is 21.0 Å². The molecule has 0 fully saturated rings. The second-order valence-corrected chi connectivity index (χ2v) is 9.38. The van der Waals surface area contributed by atoms with Crippen LogP contribution < -0.4 is 4.74 Å². The summed E-state index contributed by atoms with van der Waals surface area (Å²) in [6.07, 6.45) is 0.464. The minimum atomic E-state index is -4.08. The largest absolute Gasteiger partial charge is 0.497 e. The van der Waals surface area contributed by atoms with Gasteiger partial charge in [-0.15, -0.1) is 0 Å². The van der Waals surface area contributed by atoms with Crippen molar-refractivity contribution < 1.29 is 26.8 Å². The molecule has 0 aliphatic heterocycles. The predicted molar refractivity (Wildman–Crippen MR) is 123 cm³/mol. The molecule has 0 saturated carbocycles. The van der Waals surface area contributed by atoms with E-state index in [0.29, 0.717) is 11.3 Å². The van der Waals surface area contributed by atoms with Gasteiger partial charge >= 0.3 is 0 Å². The van der Waals surface area contributed by atoms with Gasteiger partial charge in [-0.3, -0.25) is 4.18 Å². The van der Waals surface area contributed by atoms with E-state index in [9.17, 15) is 17.9 Å². The number of hydrogen-bond acceptors (Lipinski definition) is 5. The third kappa shape index (κ3) is 4.93. The maximum atomic E-state index is 14.1. The highest BCUT2D eigenvalue weighted by atomic mass is 32.2. The van der Waals surface area contributed by atoms with Crippen LogP contribution in [0.5, 0.6) is 5.75 Å². The highest BCUT2D eigenvalue weighted by Crippen LogP contribution is 2.31. The molecule has 33 heavy (non-hydrogen) atoms. The molecule has 0 saturated heterocycles. The number of benzene rings is 3. The van der Waals surface area contributed by atoms with Crippen LogP contribution in [0.4, 0.5) is 4.39 Å². The van der Waals surface area contributed by atoms with E-state index in [1.54, 1.807) is 48.2 Å². The zero-order valence-electron chi connectivity index (χ0n) is 18.2. The Labute approximate surface area is 191 Å². The molecule has 2 unspecified atom stereocenters. The Kier molecular flexibility index (Phi) is 6.51. The first kappa shape index (κ1) is 23.0. The lowest BCUT2D eigenvalue weighted by atomic mass is 10.0. The minimum absolute atomic E-state index is 0.00115. The third-order valence-electron chi connectivity index (χ3n) is 5.49. The van der Waals surface area contributed by atoms with Gasteiger partial charge in [-0.2, -0.15) is 8.42 Å². The number of aryl methyl sites for hydroxylation is 1. The number of halogens is 1. The van der Waals surface area contributed by atoms with Gasteiger partial charge in [-0.25, -0.2) is 4.39 Å². The zero-order valence-corrected chi connectivity index (χ0v) is 19.0. The molecule has 4 rings (SSSR count). The average molecular weight is 470 g/mol. The normalized spacial score (nSPS) is 13.7. The zero-order chi connectivity index (χ0) is 23.6. The molecule has 0 radical (unpaired) electrons. The molecule has 1 N–H and O–H groups in total. The van der Waals surface area contributed by atoms with Crippen molar-refractivity contribution in [3.63, 3.8) is 0 Å². The van der Waals surface area contributed by atoms with Crippen LogP contribution in [-0.2, 0) is 14.3 Å². The molecule has 4 aromatic rings. The second-order valence-electron chi connectivity index (χ2n) is 7.77. The van der Waals surface area contributed by atoms with Crippen LogP contribution in [-0.4, -0.2) is 37.9 Å². The van der Waals surface area contributed by atoms with Crippen molar-refractivity contribution in [1.29, 1.82) is 0 Å². The Morgan fingerprint density at radius 2 is 1.79 bits per heavy atom. The number of methoxy groups -OCH3 is 1. The van der Waals surface area contributed by atoms with E-state index in [4.69, 9.17) is 8.92 Å². The SMILES string of the molecule is COc1ccc2ccn(C(c3cccc(F)c3)C(O)COS(=O)(=O)c3ccc(C)cc3)c2c1. The highest BCUT2D eigenvalue weighted by Gasteiger charge is 2.27. The Hall–Kier alpha value is -3.20. The van der Waals surface area contributed by atoms with Crippen molar-refractivity contribution in [3.8, 4) is 5.75 Å². The van der Waals surface area contributed by atoms with Crippen LogP contribution in [0.25, 0.3) is 10.9 Å². The lowest BCUT2D eigenvalue weighted by molar-refractivity contribution is 0.0784. The fourth-order valence-corrected chi connectivity index (χ4v) is 4.70. The number of aliphatic hydroxyl groups excluding tert-OH is 1. The minimum Gasteiger partial charge on any atom is -0.497 e. The van der Waals surface area contributed by atoms with Gasteiger partial charge in [0.05, 0.1) is 30.2 Å². The molecule has 6 nitrogen and oxygen atoms in total. The number of aromatic nitrogens is 1. The molecule has 0 aliphatic carbocycles. The summed E-state index contributed by atoms with van der Waals surface area (Å²) in [5.41, 5.74) is 2.12. The quantitative estimate of drug-likeness (QED) is 0.386. The first-order valence-electron chi connectivity index (χ1n) is 10.3. The summed E-state index contributed by atoms with van der Waals surface area (Å²) in [5, 5.41) is 12.0. The summed E-state index contributed by atoms with van der Waals surface area (Å²) in [6.45, 7) is 1.34. The molecule has 0 amide bonds. The fourth-order valence-electron chi connectivity index (χ4n) is 3.78. The van der Waals surface area contributed by atoms with E-state index in [-0.39, 0.29) is 4.90 Å². The van der Waals surface area contributed by atoms with Crippen LogP contribution in [0.3, 0.4) is 0 Å². The van der Waals surface area contributed by atoms with E-state index in [0.717, 1.165) is 16.5 Å². The second kappa shape index (κ2) is 9.35. The summed E-state index contributed by atoms with van der Waals surface area (Å²) in [7, 11) is -2.53. The van der Waals surface area contributed by atoms with Crippen molar-refractivity contribution in [1.82, 2.24) is 4.57 Å². The number of ether oxygens (including phenoxy) is 1. The smallest absolute Gasteiger partial charge is 0.297 e. The maximum absolute atomic E-state index is 14.1. The average Bonchev–Trinajstić information content (AvgIpc) is 3.21. The topological polar surface area (TPSA) is 77.8 Å². The van der Waals surface area contributed by atoms with Gasteiger partial charge in [0.15, 0.2) is 0 Å². The lowest BCUT2D eigenvalue weighted by Crippen LogP contribution is -2.30. The summed E-state index contributed by atoms with van der Waals surface area (Å²) in [4.78, 5) is -0.00115. The van der Waals surface area contributed by atoms with Gasteiger partial charge in [0.25, 0.3) is 10.1 Å². The number of fused-ring (bicyclic) bond motifs is 1. The lowest BCUT2D eigenvalue weighted by Gasteiger charge is -2.26. The van der Waals surface area contributed by atoms with Crippen LogP contribution in [0, 0.1) is 12.7 Å². The van der Waals surface area contributed by atoms with E-state index in [2.05, 4.69) is 0 Å². The van der Waals surface area contributed by atoms with Crippen LogP contribution >= 0.6 is 0 Å². The van der Waals surface area contributed by atoms with E-state index >= 15 is 0 Å². The first-order valence-corrected chi connectivity index (χ1v) is 11.7. The van der Waals surface area contributed by atoms with Gasteiger partial charge in [-0.05, 0) is 60.3 Å². The van der Waals surface area contributed by atoms with Crippen molar-refractivity contribution in [2.24, 2.45) is 0 Å². The Morgan fingerprint density at radius 1 is 1.03 bits per heavy atom. The van der Waals surface area contributed by atoms with Gasteiger partial charge in [0.2, 0.25) is 0 Å². The standard InChI is InChI=1S/C25H24FNO5S/c1-17-6-10-22(11-7-17)33(29,30)32-16-24(28)25(19-4-3-5-20(26)14-19)27-13-12-18-8-9-21(31-2)15-23(18)27/h3-15,24-25,28H,16H2,1-2H3. The van der Waals surface area contributed by atoms with Crippen molar-refractivity contribution in [2.75, 3.05) is 13.7 Å². The summed E-state index contributed by atoms with van der Waals surface area (Å²) in [5.74, 6) is 0.153. The molecule has 172 valence electrons. The van der Waals surface area contributed by atoms with Crippen molar-refractivity contribution in [3.05, 3.63) is 95.9 Å². The Bertz CT molecular complexity index is 1370. The highest BCUT2D eigenvalue weighted by molar-refractivity contribution is 7.86. The van der Waals surface area contributed by atoms with E-state index in [1.807, 2.05) is 25.1 Å². The third-order valence-corrected chi connectivity index (χ3v) is 6.78. The number of aliphatic hydroxyl groups is 1. The number of hydrogen-bond donors (Lipinski definition) is 1. The fraction of sp³-hybridized carbons (Fsp3) is 0.200. The molecule has 8 heteroatoms. The molecule has 1 heterocycles. The van der Waals surface area contributed by atoms with E-state index in [1.165, 1.54) is 24.3 Å². The van der Waals surface area contributed by atoms with E-state index < -0.39 is 34.7 Å². The molecule has 0 aliphatic rings. The molecular formula is C25H24FNO5S. The number of nitrogens with zero attached hydrogens (tertiary/aromatic N) is 1. The van der Waals surface area contributed by atoms with Gasteiger partial charge in [-0.1, -0.05) is 29.8 Å². The molecule has 2 atom stereocenters. The summed E-state index contributed by atoms with van der Waals surface area (Å²) < 4.78 is 51.6. The van der Waals surface area contributed by atoms with Gasteiger partial charge in [0, 0.05) is 12.3 Å². The van der Waals surface area contributed by atoms with Crippen LogP contribution in [0.1, 0.15) is 17.2 Å². The van der Waals surface area contributed by atoms with Gasteiger partial charge < -0.3 is 14.4 Å². The number of rotatable bonds is 8. The first-order chi connectivity index (χ1) is 15.8. The predicted octanol–water partition coefficient (Wildman–Crippen LogP) is 4.45. The van der Waals surface area contributed by atoms with Crippen molar-refractivity contribution in [2.45, 2.75) is 24.0 Å². The van der Waals surface area contributed by atoms with Gasteiger partial charge in [0.1, 0.15) is 17.7 Å². The molecule has 3 aromatic carbocycles. The maximum Gasteiger partial charge on any atom is 0.297 e. The summed E-state index contributed by atoms with van der Waals surface area (Å²) >= 11 is 0. The Morgan fingerprint density at radius 3 is 2.48 bits per heavy atom.